The highest BCUT2D eigenvalue weighted by atomic mass is 35.5. The Balaban J connectivity index is 1.67. The molecule has 0 amide bonds. The lowest BCUT2D eigenvalue weighted by Gasteiger charge is -2.46. The van der Waals surface area contributed by atoms with Crippen molar-refractivity contribution in [1.82, 2.24) is 4.90 Å². The quantitative estimate of drug-likeness (QED) is 0.479. The van der Waals surface area contributed by atoms with Crippen molar-refractivity contribution < 1.29 is 14.9 Å². The maximum Gasteiger partial charge on any atom is 0.120 e. The molecule has 4 rings (SSSR count). The van der Waals surface area contributed by atoms with Gasteiger partial charge in [-0.15, -0.1) is 0 Å². The molecule has 0 spiro atoms. The number of rotatable bonds is 8. The van der Waals surface area contributed by atoms with Crippen molar-refractivity contribution in [2.24, 2.45) is 0 Å². The van der Waals surface area contributed by atoms with Gasteiger partial charge < -0.3 is 19.8 Å². The molecular weight excluding hydrogens is 476 g/mol. The topological polar surface area (TPSA) is 104 Å². The zero-order valence-corrected chi connectivity index (χ0v) is 20.5. The SMILES string of the molecule is N#Cc1ccc([C@@H](CO)N2CCN(c3ccc(OCCO)cc3C#N)[C@H](c3ccc(Cl)cc3)C2)cc1. The van der Waals surface area contributed by atoms with Crippen LogP contribution in [0.15, 0.2) is 66.7 Å². The van der Waals surface area contributed by atoms with Crippen molar-refractivity contribution in [3.63, 3.8) is 0 Å². The van der Waals surface area contributed by atoms with Gasteiger partial charge in [-0.1, -0.05) is 35.9 Å². The number of halogens is 1. The first-order chi connectivity index (χ1) is 17.6. The van der Waals surface area contributed by atoms with Crippen LogP contribution in [0.5, 0.6) is 5.75 Å². The van der Waals surface area contributed by atoms with Crippen LogP contribution in [0.1, 0.15) is 34.3 Å². The summed E-state index contributed by atoms with van der Waals surface area (Å²) < 4.78 is 5.50. The van der Waals surface area contributed by atoms with Crippen LogP contribution < -0.4 is 9.64 Å². The Morgan fingerprint density at radius 1 is 0.972 bits per heavy atom. The number of anilines is 1. The van der Waals surface area contributed by atoms with Crippen molar-refractivity contribution >= 4 is 17.3 Å². The predicted octanol–water partition coefficient (Wildman–Crippen LogP) is 4.05. The van der Waals surface area contributed by atoms with Gasteiger partial charge in [-0.05, 0) is 53.6 Å². The van der Waals surface area contributed by atoms with Crippen molar-refractivity contribution in [1.29, 1.82) is 10.5 Å². The number of aliphatic hydroxyl groups is 2. The third kappa shape index (κ3) is 5.62. The van der Waals surface area contributed by atoms with Crippen molar-refractivity contribution in [3.8, 4) is 17.9 Å². The number of aliphatic hydroxyl groups excluding tert-OH is 2. The standard InChI is InChI=1S/C28H27ClN4O3/c29-24-7-5-21(6-8-24)27-18-32(28(19-35)22-3-1-20(16-30)2-4-22)11-12-33(27)26-10-9-25(36-14-13-34)15-23(26)17-31/h1-10,15,27-28,34-35H,11-14,18-19H2/t27-,28+/m0/s1. The van der Waals surface area contributed by atoms with Crippen molar-refractivity contribution in [3.05, 3.63) is 94.0 Å². The summed E-state index contributed by atoms with van der Waals surface area (Å²) in [6, 6.07) is 24.5. The molecule has 0 bridgehead atoms. The molecule has 0 saturated carbocycles. The van der Waals surface area contributed by atoms with Gasteiger partial charge in [0, 0.05) is 24.7 Å². The minimum absolute atomic E-state index is 0.0560. The summed E-state index contributed by atoms with van der Waals surface area (Å²) in [7, 11) is 0. The number of piperazine rings is 1. The van der Waals surface area contributed by atoms with Gasteiger partial charge in [-0.2, -0.15) is 10.5 Å². The monoisotopic (exact) mass is 502 g/mol. The van der Waals surface area contributed by atoms with Gasteiger partial charge in [0.15, 0.2) is 0 Å². The highest BCUT2D eigenvalue weighted by molar-refractivity contribution is 6.30. The first-order valence-corrected chi connectivity index (χ1v) is 12.1. The minimum Gasteiger partial charge on any atom is -0.491 e. The average molecular weight is 503 g/mol. The third-order valence-electron chi connectivity index (χ3n) is 6.46. The van der Waals surface area contributed by atoms with E-state index in [0.29, 0.717) is 41.5 Å². The Labute approximate surface area is 215 Å². The number of hydrogen-bond acceptors (Lipinski definition) is 7. The van der Waals surface area contributed by atoms with E-state index in [1.807, 2.05) is 48.5 Å². The lowest BCUT2D eigenvalue weighted by molar-refractivity contribution is 0.103. The Kier molecular flexibility index (Phi) is 8.43. The molecule has 36 heavy (non-hydrogen) atoms. The van der Waals surface area contributed by atoms with Crippen molar-refractivity contribution in [2.75, 3.05) is 44.4 Å². The van der Waals surface area contributed by atoms with Crippen LogP contribution in [0, 0.1) is 22.7 Å². The summed E-state index contributed by atoms with van der Waals surface area (Å²) in [5, 5.41) is 39.0. The third-order valence-corrected chi connectivity index (χ3v) is 6.71. The number of hydrogen-bond donors (Lipinski definition) is 2. The first-order valence-electron chi connectivity index (χ1n) is 11.7. The summed E-state index contributed by atoms with van der Waals surface area (Å²) in [6.07, 6.45) is 0. The summed E-state index contributed by atoms with van der Waals surface area (Å²) in [5.41, 5.74) is 3.86. The lowest BCUT2D eigenvalue weighted by Crippen LogP contribution is -2.50. The van der Waals surface area contributed by atoms with Gasteiger partial charge in [0.1, 0.15) is 18.4 Å². The van der Waals surface area contributed by atoms with Gasteiger partial charge in [0.25, 0.3) is 0 Å². The number of ether oxygens (including phenoxy) is 1. The smallest absolute Gasteiger partial charge is 0.120 e. The minimum atomic E-state index is -0.223. The lowest BCUT2D eigenvalue weighted by atomic mass is 9.97. The summed E-state index contributed by atoms with van der Waals surface area (Å²) in [4.78, 5) is 4.45. The van der Waals surface area contributed by atoms with E-state index in [1.54, 1.807) is 18.2 Å². The van der Waals surface area contributed by atoms with Gasteiger partial charge in [-0.3, -0.25) is 4.90 Å². The molecule has 2 N–H and O–H groups in total. The fourth-order valence-corrected chi connectivity index (χ4v) is 4.79. The Bertz CT molecular complexity index is 1250. The second kappa shape index (κ2) is 11.9. The molecule has 0 unspecified atom stereocenters. The van der Waals surface area contributed by atoms with Crippen LogP contribution in [0.4, 0.5) is 5.69 Å². The maximum absolute atomic E-state index is 10.3. The highest BCUT2D eigenvalue weighted by Gasteiger charge is 2.33. The van der Waals surface area contributed by atoms with E-state index in [2.05, 4.69) is 21.9 Å². The van der Waals surface area contributed by atoms with Gasteiger partial charge in [0.05, 0.1) is 48.2 Å². The number of nitrogens with zero attached hydrogens (tertiary/aromatic N) is 4. The zero-order valence-electron chi connectivity index (χ0n) is 19.7. The molecule has 7 nitrogen and oxygen atoms in total. The van der Waals surface area contributed by atoms with E-state index in [1.165, 1.54) is 0 Å². The largest absolute Gasteiger partial charge is 0.491 e. The molecule has 0 aromatic heterocycles. The van der Waals surface area contributed by atoms with Crippen LogP contribution in [-0.4, -0.2) is 54.6 Å². The summed E-state index contributed by atoms with van der Waals surface area (Å²) in [5.74, 6) is 0.534. The van der Waals surface area contributed by atoms with E-state index in [-0.39, 0.29) is 31.9 Å². The van der Waals surface area contributed by atoms with Crippen LogP contribution in [0.25, 0.3) is 0 Å². The molecule has 2 atom stereocenters. The molecule has 0 radical (unpaired) electrons. The molecule has 3 aromatic carbocycles. The number of nitriles is 2. The molecule has 1 saturated heterocycles. The molecular formula is C28H27ClN4O3. The molecule has 1 aliphatic rings. The van der Waals surface area contributed by atoms with Gasteiger partial charge in [-0.25, -0.2) is 0 Å². The Hall–Kier alpha value is -3.59. The molecule has 184 valence electrons. The molecule has 1 fully saturated rings. The molecule has 8 heteroatoms. The number of benzene rings is 3. The first kappa shape index (κ1) is 25.5. The molecule has 1 heterocycles. The molecule has 1 aliphatic heterocycles. The summed E-state index contributed by atoms with van der Waals surface area (Å²) in [6.45, 7) is 1.91. The van der Waals surface area contributed by atoms with Crippen LogP contribution in [-0.2, 0) is 0 Å². The Morgan fingerprint density at radius 3 is 2.36 bits per heavy atom. The molecule has 3 aromatic rings. The second-order valence-corrected chi connectivity index (χ2v) is 8.99. The average Bonchev–Trinajstić information content (AvgIpc) is 2.93. The van der Waals surface area contributed by atoms with E-state index in [4.69, 9.17) is 26.7 Å². The van der Waals surface area contributed by atoms with Crippen LogP contribution >= 0.6 is 11.6 Å². The fraction of sp³-hybridized carbons (Fsp3) is 0.286. The van der Waals surface area contributed by atoms with E-state index in [9.17, 15) is 10.4 Å². The summed E-state index contributed by atoms with van der Waals surface area (Å²) >= 11 is 6.16. The van der Waals surface area contributed by atoms with E-state index >= 15 is 0 Å². The predicted molar refractivity (Wildman–Crippen MR) is 138 cm³/mol. The van der Waals surface area contributed by atoms with Crippen LogP contribution in [0.2, 0.25) is 5.02 Å². The molecule has 0 aliphatic carbocycles. The van der Waals surface area contributed by atoms with E-state index in [0.717, 1.165) is 16.8 Å². The normalized spacial score (nSPS) is 16.7. The van der Waals surface area contributed by atoms with Crippen molar-refractivity contribution in [2.45, 2.75) is 12.1 Å². The van der Waals surface area contributed by atoms with Gasteiger partial charge >= 0.3 is 0 Å². The van der Waals surface area contributed by atoms with Gasteiger partial charge in [0.2, 0.25) is 0 Å². The second-order valence-electron chi connectivity index (χ2n) is 8.55. The van der Waals surface area contributed by atoms with E-state index < -0.39 is 0 Å². The Morgan fingerprint density at radius 2 is 1.72 bits per heavy atom. The zero-order chi connectivity index (χ0) is 25.5. The van der Waals surface area contributed by atoms with Crippen LogP contribution in [0.3, 0.4) is 0 Å². The maximum atomic E-state index is 10.3. The highest BCUT2D eigenvalue weighted by Crippen LogP contribution is 2.37. The fourth-order valence-electron chi connectivity index (χ4n) is 4.67.